The first-order valence-electron chi connectivity index (χ1n) is 29.8. The van der Waals surface area contributed by atoms with Gasteiger partial charge in [0.05, 0.1) is 49.5 Å². The highest BCUT2D eigenvalue weighted by Crippen LogP contribution is 2.51. The fourth-order valence-corrected chi connectivity index (χ4v) is 15.1. The maximum absolute atomic E-state index is 14.1. The molecule has 2 spiro atoms. The number of carbonyl (C=O) groups is 2. The summed E-state index contributed by atoms with van der Waals surface area (Å²) in [6.45, 7) is 21.5. The Hall–Kier alpha value is -3.14. The Morgan fingerprint density at radius 1 is 0.597 bits per heavy atom. The van der Waals surface area contributed by atoms with E-state index < -0.39 is 59.0 Å². The van der Waals surface area contributed by atoms with Gasteiger partial charge in [-0.05, 0) is 150 Å². The number of rotatable bonds is 1. The summed E-state index contributed by atoms with van der Waals surface area (Å²) in [7, 11) is 0. The van der Waals surface area contributed by atoms with Crippen LogP contribution in [0.1, 0.15) is 166 Å². The summed E-state index contributed by atoms with van der Waals surface area (Å²) in [5.41, 5.74) is 2.22. The minimum atomic E-state index is -1.55. The molecule has 12 nitrogen and oxygen atoms in total. The van der Waals surface area contributed by atoms with Gasteiger partial charge < -0.3 is 48.8 Å². The summed E-state index contributed by atoms with van der Waals surface area (Å²) in [5.74, 6) is -1.03. The molecule has 0 aromatic heterocycles. The van der Waals surface area contributed by atoms with E-state index in [1.165, 1.54) is 11.1 Å². The Labute approximate surface area is 460 Å². The number of ether oxygens (including phenoxy) is 6. The number of allylic oxidation sites excluding steroid dienone is 8. The van der Waals surface area contributed by atoms with Crippen molar-refractivity contribution in [3.8, 4) is 0 Å². The van der Waals surface area contributed by atoms with E-state index in [4.69, 9.17) is 28.4 Å². The summed E-state index contributed by atoms with van der Waals surface area (Å²) >= 11 is 0. The summed E-state index contributed by atoms with van der Waals surface area (Å²) in [6, 6.07) is 0. The average molecular weight is 1070 g/mol. The van der Waals surface area contributed by atoms with Gasteiger partial charge in [-0.15, -0.1) is 0 Å². The molecule has 6 fully saturated rings. The second-order valence-electron chi connectivity index (χ2n) is 26.0. The van der Waals surface area contributed by atoms with Crippen molar-refractivity contribution in [2.24, 2.45) is 47.3 Å². The Kier molecular flexibility index (Phi) is 18.0. The molecule has 20 atom stereocenters. The van der Waals surface area contributed by atoms with Crippen LogP contribution in [0.25, 0.3) is 0 Å². The molecule has 77 heavy (non-hydrogen) atoms. The van der Waals surface area contributed by atoms with E-state index in [-0.39, 0.29) is 61.0 Å². The third-order valence-electron chi connectivity index (χ3n) is 19.7. The number of carbonyl (C=O) groups excluding carboxylic acids is 2. The lowest BCUT2D eigenvalue weighted by atomic mass is 9.67. The van der Waals surface area contributed by atoms with Crippen LogP contribution in [0.3, 0.4) is 0 Å². The lowest BCUT2D eigenvalue weighted by molar-refractivity contribution is -0.330. The number of hydrogen-bond donors (Lipinski definition) is 4. The van der Waals surface area contributed by atoms with E-state index >= 15 is 0 Å². The smallest absolute Gasteiger partial charge is 0.169 e. The van der Waals surface area contributed by atoms with E-state index in [9.17, 15) is 30.0 Å². The lowest BCUT2D eigenvalue weighted by Gasteiger charge is -2.50. The number of hydrogen-bond acceptors (Lipinski definition) is 12. The van der Waals surface area contributed by atoms with Crippen LogP contribution in [-0.4, -0.2) is 117 Å². The second kappa shape index (κ2) is 23.8. The second-order valence-corrected chi connectivity index (χ2v) is 26.0. The van der Waals surface area contributed by atoms with Crippen LogP contribution in [0.15, 0.2) is 94.2 Å². The number of Topliss-reactive ketones (excluding diaryl/α,β-unsaturated/α-hetero) is 2. The third-order valence-corrected chi connectivity index (χ3v) is 19.7. The molecule has 6 saturated heterocycles. The van der Waals surface area contributed by atoms with Gasteiger partial charge in [-0.1, -0.05) is 107 Å². The van der Waals surface area contributed by atoms with E-state index in [2.05, 4.69) is 79.7 Å². The van der Waals surface area contributed by atoms with Gasteiger partial charge >= 0.3 is 0 Å². The Morgan fingerprint density at radius 3 is 1.48 bits per heavy atom. The molecule has 0 radical (unpaired) electrons. The first-order chi connectivity index (χ1) is 36.5. The van der Waals surface area contributed by atoms with Crippen molar-refractivity contribution in [2.45, 2.75) is 237 Å². The van der Waals surface area contributed by atoms with Gasteiger partial charge in [0.1, 0.15) is 47.2 Å². The van der Waals surface area contributed by atoms with Crippen molar-refractivity contribution in [3.63, 3.8) is 0 Å². The SMILES string of the molecule is CC1=C[C@H]2C(=O)C[C@H]3C[C@@H](C/C=C(\C)C[C@@H](C)/C=C/C=C4\CO[C@H]([C@@H]1O)[C@@]42O)O[C@@]1(CC[C@H](C)[C@@H](C)O1)C3.CC[C@H]1O[C@]2(CC[C@@H]1C)C[C@H]1CC(=O)[C@@H]3C=C(C)[C@@H](O)[C@H]4OC/C(=C\C=C\[C@H](C)C/C(C)=C/C[C@H](C1)O2)[C@]43O. The van der Waals surface area contributed by atoms with Crippen molar-refractivity contribution in [1.29, 1.82) is 0 Å². The Bertz CT molecular complexity index is 2430. The minimum absolute atomic E-state index is 0.00154. The number of aliphatic hydroxyl groups is 4. The van der Waals surface area contributed by atoms with Gasteiger partial charge in [0, 0.05) is 38.5 Å². The van der Waals surface area contributed by atoms with E-state index in [1.54, 1.807) is 12.2 Å². The monoisotopic (exact) mass is 1070 g/mol. The van der Waals surface area contributed by atoms with Gasteiger partial charge in [-0.25, -0.2) is 0 Å². The van der Waals surface area contributed by atoms with Crippen LogP contribution in [-0.2, 0) is 38.0 Å². The first kappa shape index (κ1) is 58.5. The predicted octanol–water partition coefficient (Wildman–Crippen LogP) is 10.8. The topological polar surface area (TPSA) is 170 Å². The molecule has 0 amide bonds. The van der Waals surface area contributed by atoms with Crippen LogP contribution in [0, 0.1) is 47.3 Å². The molecule has 10 aliphatic rings. The van der Waals surface area contributed by atoms with Crippen molar-refractivity contribution < 1.29 is 58.4 Å². The number of aliphatic hydroxyl groups excluding tert-OH is 2. The lowest BCUT2D eigenvalue weighted by Crippen LogP contribution is -2.57. The van der Waals surface area contributed by atoms with Gasteiger partial charge in [0.25, 0.3) is 0 Å². The number of ketones is 2. The summed E-state index contributed by atoms with van der Waals surface area (Å²) in [5, 5.41) is 46.0. The predicted molar refractivity (Wildman–Crippen MR) is 297 cm³/mol. The molecule has 6 heterocycles. The van der Waals surface area contributed by atoms with Gasteiger partial charge in [-0.3, -0.25) is 9.59 Å². The molecular formula is C65H94O12. The zero-order chi connectivity index (χ0) is 55.2. The van der Waals surface area contributed by atoms with Crippen LogP contribution < -0.4 is 0 Å². The van der Waals surface area contributed by atoms with E-state index in [1.807, 2.05) is 38.2 Å². The van der Waals surface area contributed by atoms with Crippen molar-refractivity contribution >= 4 is 11.6 Å². The zero-order valence-electron chi connectivity index (χ0n) is 48.1. The average Bonchev–Trinajstić information content (AvgIpc) is 4.11. The fourth-order valence-electron chi connectivity index (χ4n) is 15.1. The standard InChI is InChI=1S/C33H48O6.C32H46O6/c1-6-29-22(4)12-13-32(39-29)18-24-16-26(38-32)11-10-21(3)14-20(2)8-7-9-25-19-37-31-30(35)23(5)15-27(28(34)17-24)33(25,31)36;1-19-7-6-8-25-18-36-30-29(34)22(4)14-27(32(25,30)35)28(33)16-24-15-26(10-9-20(2)13-19)38-31(17-24)12-11-21(3)23(5)37-31/h7-10,15,20,22,24,26-27,29-31,35-36H,6,11-14,16-19H2,1-5H3;6-9,14,19,21,23-24,26-27,29-30,34-35H,10-13,15-18H2,1-5H3/b8-7+,21-10+,25-9+;7-6+,20-9+,25-8+/t20-,22-,24+,26+,27-,29+,30+,31+,32+,33+;19-,21-,23+,24+,26+,27-,29+,30+,31-,32+/m00/s1. The summed E-state index contributed by atoms with van der Waals surface area (Å²) in [4.78, 5) is 28.1. The third kappa shape index (κ3) is 12.2. The quantitative estimate of drug-likeness (QED) is 0.184. The molecule has 4 bridgehead atoms. The highest BCUT2D eigenvalue weighted by atomic mass is 16.7. The van der Waals surface area contributed by atoms with Crippen molar-refractivity contribution in [2.75, 3.05) is 13.2 Å². The highest BCUT2D eigenvalue weighted by molar-refractivity contribution is 5.86. The maximum atomic E-state index is 14.1. The number of fused-ring (bicyclic) bond motifs is 4. The van der Waals surface area contributed by atoms with Crippen LogP contribution in [0.4, 0.5) is 0 Å². The van der Waals surface area contributed by atoms with Crippen molar-refractivity contribution in [3.05, 3.63) is 94.2 Å². The maximum Gasteiger partial charge on any atom is 0.169 e. The fraction of sp³-hybridized carbons (Fsp3) is 0.723. The van der Waals surface area contributed by atoms with Gasteiger partial charge in [0.15, 0.2) is 11.6 Å². The van der Waals surface area contributed by atoms with Crippen LogP contribution in [0.2, 0.25) is 0 Å². The molecule has 6 aliphatic heterocycles. The molecule has 0 aromatic rings. The molecule has 4 N–H and O–H groups in total. The molecule has 4 aliphatic carbocycles. The highest BCUT2D eigenvalue weighted by Gasteiger charge is 2.61. The summed E-state index contributed by atoms with van der Waals surface area (Å²) in [6.07, 6.45) is 28.7. The first-order valence-corrected chi connectivity index (χ1v) is 29.8. The molecular weight excluding hydrogens is 973 g/mol. The normalized spacial score (nSPS) is 49.4. The molecule has 10 rings (SSSR count). The molecule has 426 valence electrons. The largest absolute Gasteiger partial charge is 0.386 e. The molecule has 12 heteroatoms. The van der Waals surface area contributed by atoms with Gasteiger partial charge in [0.2, 0.25) is 0 Å². The van der Waals surface area contributed by atoms with E-state index in [0.717, 1.165) is 70.6 Å². The van der Waals surface area contributed by atoms with Crippen LogP contribution in [0.5, 0.6) is 0 Å². The van der Waals surface area contributed by atoms with Gasteiger partial charge in [-0.2, -0.15) is 0 Å². The van der Waals surface area contributed by atoms with E-state index in [0.29, 0.717) is 71.6 Å². The molecule has 0 saturated carbocycles. The van der Waals surface area contributed by atoms with Crippen molar-refractivity contribution in [1.82, 2.24) is 0 Å². The van der Waals surface area contributed by atoms with Crippen LogP contribution >= 0.6 is 0 Å². The Morgan fingerprint density at radius 2 is 1.04 bits per heavy atom. The molecule has 0 unspecified atom stereocenters. The summed E-state index contributed by atoms with van der Waals surface area (Å²) < 4.78 is 38.6. The minimum Gasteiger partial charge on any atom is -0.386 e. The Balaban J connectivity index is 0.000000188. The molecule has 0 aromatic carbocycles. The zero-order valence-corrected chi connectivity index (χ0v) is 48.1.